The van der Waals surface area contributed by atoms with Gasteiger partial charge in [0.2, 0.25) is 0 Å². The Kier molecular flexibility index (Phi) is 4.05. The number of aromatic amines is 1. The van der Waals surface area contributed by atoms with Gasteiger partial charge in [-0.25, -0.2) is 0 Å². The predicted octanol–water partition coefficient (Wildman–Crippen LogP) is 1.58. The van der Waals surface area contributed by atoms with Crippen molar-refractivity contribution in [2.75, 3.05) is 19.6 Å². The highest BCUT2D eigenvalue weighted by atomic mass is 16.2. The molecule has 2 heterocycles. The molecule has 5 heteroatoms. The Morgan fingerprint density at radius 2 is 2.15 bits per heavy atom. The molecule has 3 rings (SSSR count). The van der Waals surface area contributed by atoms with Crippen LogP contribution in [0, 0.1) is 5.92 Å². The van der Waals surface area contributed by atoms with Crippen molar-refractivity contribution in [2.45, 2.75) is 45.1 Å². The lowest BCUT2D eigenvalue weighted by Crippen LogP contribution is -2.45. The highest BCUT2D eigenvalue weighted by Crippen LogP contribution is 2.28. The number of carbonyl (C=O) groups excluding carboxylic acids is 1. The molecule has 1 aromatic rings. The molecule has 0 bridgehead atoms. The summed E-state index contributed by atoms with van der Waals surface area (Å²) in [4.78, 5) is 14.3. The molecule has 0 aromatic carbocycles. The van der Waals surface area contributed by atoms with Crippen LogP contribution in [0.5, 0.6) is 0 Å². The maximum absolute atomic E-state index is 12.3. The van der Waals surface area contributed by atoms with E-state index in [1.807, 2.05) is 11.0 Å². The molecule has 1 aliphatic carbocycles. The second-order valence-electron chi connectivity index (χ2n) is 6.05. The molecule has 0 atom stereocenters. The third-order valence-corrected chi connectivity index (χ3v) is 4.41. The molecule has 1 saturated heterocycles. The van der Waals surface area contributed by atoms with Crippen molar-refractivity contribution < 1.29 is 4.79 Å². The van der Waals surface area contributed by atoms with E-state index in [0.29, 0.717) is 11.7 Å². The second-order valence-corrected chi connectivity index (χ2v) is 6.05. The minimum absolute atomic E-state index is 0.0709. The van der Waals surface area contributed by atoms with Gasteiger partial charge in [0, 0.05) is 24.8 Å². The van der Waals surface area contributed by atoms with Crippen molar-refractivity contribution in [3.63, 3.8) is 0 Å². The molecular weight excluding hydrogens is 252 g/mol. The van der Waals surface area contributed by atoms with E-state index in [1.165, 1.54) is 12.8 Å². The number of piperidine rings is 1. The number of nitrogens with one attached hydrogen (secondary N) is 2. The molecule has 0 spiro atoms. The van der Waals surface area contributed by atoms with Crippen LogP contribution in [0.2, 0.25) is 0 Å². The molecule has 1 amide bonds. The minimum Gasteiger partial charge on any atom is -0.337 e. The number of likely N-dealkylation sites (tertiary alicyclic amines) is 1. The molecule has 1 aromatic heterocycles. The average Bonchev–Trinajstić information content (AvgIpc) is 3.20. The van der Waals surface area contributed by atoms with E-state index >= 15 is 0 Å². The zero-order valence-corrected chi connectivity index (χ0v) is 12.2. The number of aromatic nitrogens is 2. The summed E-state index contributed by atoms with van der Waals surface area (Å²) < 4.78 is 0. The SMILES string of the molecule is CCc1cc(C(=O)N2CCC(NCC3CC3)CC2)n[nH]1. The fraction of sp³-hybridized carbons (Fsp3) is 0.733. The van der Waals surface area contributed by atoms with Gasteiger partial charge in [-0.05, 0) is 50.6 Å². The normalized spacial score (nSPS) is 20.4. The maximum Gasteiger partial charge on any atom is 0.274 e. The van der Waals surface area contributed by atoms with E-state index < -0.39 is 0 Å². The third-order valence-electron chi connectivity index (χ3n) is 4.41. The van der Waals surface area contributed by atoms with Gasteiger partial charge in [0.05, 0.1) is 0 Å². The fourth-order valence-corrected chi connectivity index (χ4v) is 2.76. The van der Waals surface area contributed by atoms with Gasteiger partial charge in [-0.2, -0.15) is 5.10 Å². The van der Waals surface area contributed by atoms with Crippen LogP contribution >= 0.6 is 0 Å². The first-order chi connectivity index (χ1) is 9.76. The first-order valence-electron chi connectivity index (χ1n) is 7.83. The van der Waals surface area contributed by atoms with Crippen LogP contribution in [-0.2, 0) is 6.42 Å². The zero-order chi connectivity index (χ0) is 13.9. The summed E-state index contributed by atoms with van der Waals surface area (Å²) in [6.07, 6.45) is 5.78. The van der Waals surface area contributed by atoms with Crippen molar-refractivity contribution in [3.05, 3.63) is 17.5 Å². The highest BCUT2D eigenvalue weighted by molar-refractivity contribution is 5.92. The molecular formula is C15H24N4O. The Balaban J connectivity index is 1.47. The molecule has 1 aliphatic heterocycles. The van der Waals surface area contributed by atoms with E-state index in [1.54, 1.807) is 0 Å². The van der Waals surface area contributed by atoms with Crippen molar-refractivity contribution in [1.82, 2.24) is 20.4 Å². The van der Waals surface area contributed by atoms with Gasteiger partial charge in [-0.3, -0.25) is 9.89 Å². The molecule has 0 unspecified atom stereocenters. The first kappa shape index (κ1) is 13.6. The van der Waals surface area contributed by atoms with Crippen LogP contribution in [0.3, 0.4) is 0 Å². The topological polar surface area (TPSA) is 61.0 Å². The summed E-state index contributed by atoms with van der Waals surface area (Å²) in [5, 5.41) is 10.7. The molecule has 2 fully saturated rings. The number of rotatable bonds is 5. The number of aryl methyl sites for hydroxylation is 1. The molecule has 110 valence electrons. The van der Waals surface area contributed by atoms with Crippen molar-refractivity contribution in [3.8, 4) is 0 Å². The number of amides is 1. The second kappa shape index (κ2) is 5.95. The van der Waals surface area contributed by atoms with Gasteiger partial charge in [-0.15, -0.1) is 0 Å². The molecule has 5 nitrogen and oxygen atoms in total. The van der Waals surface area contributed by atoms with Gasteiger partial charge >= 0.3 is 0 Å². The average molecular weight is 276 g/mol. The van der Waals surface area contributed by atoms with Crippen molar-refractivity contribution >= 4 is 5.91 Å². The summed E-state index contributed by atoms with van der Waals surface area (Å²) in [5.41, 5.74) is 1.58. The quantitative estimate of drug-likeness (QED) is 0.858. The summed E-state index contributed by atoms with van der Waals surface area (Å²) in [6.45, 7) is 4.90. The van der Waals surface area contributed by atoms with Crippen LogP contribution in [-0.4, -0.2) is 46.7 Å². The lowest BCUT2D eigenvalue weighted by molar-refractivity contribution is 0.0699. The van der Waals surface area contributed by atoms with Gasteiger partial charge in [0.1, 0.15) is 5.69 Å². The first-order valence-corrected chi connectivity index (χ1v) is 7.83. The van der Waals surface area contributed by atoms with Crippen LogP contribution < -0.4 is 5.32 Å². The Morgan fingerprint density at radius 1 is 1.40 bits per heavy atom. The summed E-state index contributed by atoms with van der Waals surface area (Å²) >= 11 is 0. The Labute approximate surface area is 120 Å². The Morgan fingerprint density at radius 3 is 2.75 bits per heavy atom. The fourth-order valence-electron chi connectivity index (χ4n) is 2.76. The van der Waals surface area contributed by atoms with Gasteiger partial charge in [-0.1, -0.05) is 6.92 Å². The number of hydrogen-bond acceptors (Lipinski definition) is 3. The van der Waals surface area contributed by atoms with Crippen LogP contribution in [0.4, 0.5) is 0 Å². The minimum atomic E-state index is 0.0709. The molecule has 1 saturated carbocycles. The zero-order valence-electron chi connectivity index (χ0n) is 12.2. The van der Waals surface area contributed by atoms with E-state index in [-0.39, 0.29) is 5.91 Å². The molecule has 2 aliphatic rings. The number of nitrogens with zero attached hydrogens (tertiary/aromatic N) is 2. The number of carbonyl (C=O) groups is 1. The Bertz CT molecular complexity index is 458. The standard InChI is InChI=1S/C15H24N4O/c1-2-12-9-14(18-17-12)15(20)19-7-5-13(6-8-19)16-10-11-3-4-11/h9,11,13,16H,2-8,10H2,1H3,(H,17,18). The van der Waals surface area contributed by atoms with Crippen LogP contribution in [0.15, 0.2) is 6.07 Å². The summed E-state index contributed by atoms with van der Waals surface area (Å²) in [7, 11) is 0. The summed E-state index contributed by atoms with van der Waals surface area (Å²) in [5.74, 6) is 0.993. The number of H-pyrrole nitrogens is 1. The van der Waals surface area contributed by atoms with Crippen LogP contribution in [0.1, 0.15) is 48.8 Å². The Hall–Kier alpha value is -1.36. The molecule has 2 N–H and O–H groups in total. The molecule has 0 radical (unpaired) electrons. The predicted molar refractivity (Wildman–Crippen MR) is 77.6 cm³/mol. The third kappa shape index (κ3) is 3.20. The van der Waals surface area contributed by atoms with E-state index in [2.05, 4.69) is 22.4 Å². The van der Waals surface area contributed by atoms with Crippen LogP contribution in [0.25, 0.3) is 0 Å². The lowest BCUT2D eigenvalue weighted by atomic mass is 10.0. The largest absolute Gasteiger partial charge is 0.337 e. The summed E-state index contributed by atoms with van der Waals surface area (Å²) in [6, 6.07) is 2.46. The van der Waals surface area contributed by atoms with Gasteiger partial charge < -0.3 is 10.2 Å². The van der Waals surface area contributed by atoms with Crippen molar-refractivity contribution in [1.29, 1.82) is 0 Å². The number of hydrogen-bond donors (Lipinski definition) is 2. The highest BCUT2D eigenvalue weighted by Gasteiger charge is 2.27. The van der Waals surface area contributed by atoms with Gasteiger partial charge in [0.15, 0.2) is 0 Å². The van der Waals surface area contributed by atoms with E-state index in [9.17, 15) is 4.79 Å². The van der Waals surface area contributed by atoms with Crippen molar-refractivity contribution in [2.24, 2.45) is 5.92 Å². The maximum atomic E-state index is 12.3. The lowest BCUT2D eigenvalue weighted by Gasteiger charge is -2.32. The van der Waals surface area contributed by atoms with Gasteiger partial charge in [0.25, 0.3) is 5.91 Å². The van der Waals surface area contributed by atoms with E-state index in [0.717, 1.165) is 50.5 Å². The monoisotopic (exact) mass is 276 g/mol. The molecule has 20 heavy (non-hydrogen) atoms. The smallest absolute Gasteiger partial charge is 0.274 e. The van der Waals surface area contributed by atoms with E-state index in [4.69, 9.17) is 0 Å².